The summed E-state index contributed by atoms with van der Waals surface area (Å²) in [4.78, 5) is 24.1. The number of rotatable bonds is 3. The lowest BCUT2D eigenvalue weighted by molar-refractivity contribution is 0.0950. The third-order valence-electron chi connectivity index (χ3n) is 3.95. The lowest BCUT2D eigenvalue weighted by Gasteiger charge is -2.10. The summed E-state index contributed by atoms with van der Waals surface area (Å²) in [7, 11) is 0. The first-order valence-electron chi connectivity index (χ1n) is 7.55. The van der Waals surface area contributed by atoms with Crippen LogP contribution in [-0.2, 0) is 6.54 Å². The molecule has 1 N–H and O–H groups in total. The van der Waals surface area contributed by atoms with Crippen LogP contribution in [0, 0.1) is 6.92 Å². The summed E-state index contributed by atoms with van der Waals surface area (Å²) < 4.78 is 12.0. The number of hydrogen-bond donors (Lipinski definition) is 1. The standard InChI is InChI=1S/C16H14N4O4/c1-9-10(4-6-23-9)14-8-15(19-24-14)17-16(22)11-7-12-13(21)3-2-5-20(12)18-11/h4,6-8H,2-3,5H2,1H3,(H,17,19,22). The van der Waals surface area contributed by atoms with Gasteiger partial charge < -0.3 is 14.3 Å². The second-order valence-corrected chi connectivity index (χ2v) is 5.59. The van der Waals surface area contributed by atoms with Crippen LogP contribution in [0.3, 0.4) is 0 Å². The number of carbonyl (C=O) groups is 2. The fourth-order valence-corrected chi connectivity index (χ4v) is 2.72. The monoisotopic (exact) mass is 326 g/mol. The third-order valence-corrected chi connectivity index (χ3v) is 3.95. The van der Waals surface area contributed by atoms with Crippen molar-refractivity contribution in [3.05, 3.63) is 41.6 Å². The number of amides is 1. The van der Waals surface area contributed by atoms with Gasteiger partial charge in [0, 0.05) is 25.1 Å². The Morgan fingerprint density at radius 3 is 3.00 bits per heavy atom. The van der Waals surface area contributed by atoms with Gasteiger partial charge in [-0.15, -0.1) is 0 Å². The minimum absolute atomic E-state index is 0.00644. The molecule has 3 aromatic heterocycles. The summed E-state index contributed by atoms with van der Waals surface area (Å²) in [6, 6.07) is 4.88. The quantitative estimate of drug-likeness (QED) is 0.793. The number of Topliss-reactive ketones (excluding diaryl/α,β-unsaturated/α-hetero) is 1. The minimum atomic E-state index is -0.437. The molecule has 0 bridgehead atoms. The molecule has 8 nitrogen and oxygen atoms in total. The highest BCUT2D eigenvalue weighted by atomic mass is 16.5. The second-order valence-electron chi connectivity index (χ2n) is 5.59. The molecular formula is C16H14N4O4. The van der Waals surface area contributed by atoms with Crippen LogP contribution in [0.5, 0.6) is 0 Å². The average molecular weight is 326 g/mol. The van der Waals surface area contributed by atoms with Crippen molar-refractivity contribution in [3.63, 3.8) is 0 Å². The van der Waals surface area contributed by atoms with E-state index in [0.717, 1.165) is 12.0 Å². The molecule has 1 aliphatic heterocycles. The van der Waals surface area contributed by atoms with Crippen LogP contribution in [0.2, 0.25) is 0 Å². The van der Waals surface area contributed by atoms with Gasteiger partial charge in [-0.3, -0.25) is 14.3 Å². The van der Waals surface area contributed by atoms with E-state index in [1.54, 1.807) is 23.1 Å². The van der Waals surface area contributed by atoms with E-state index in [-0.39, 0.29) is 17.3 Å². The fourth-order valence-electron chi connectivity index (χ4n) is 2.72. The molecule has 1 amide bonds. The van der Waals surface area contributed by atoms with Crippen molar-refractivity contribution >= 4 is 17.5 Å². The van der Waals surface area contributed by atoms with Crippen LogP contribution in [0.1, 0.15) is 39.6 Å². The molecule has 0 radical (unpaired) electrons. The summed E-state index contributed by atoms with van der Waals surface area (Å²) in [5.41, 5.74) is 1.43. The number of hydrogen-bond acceptors (Lipinski definition) is 6. The molecular weight excluding hydrogens is 312 g/mol. The second kappa shape index (κ2) is 5.48. The molecule has 0 saturated carbocycles. The van der Waals surface area contributed by atoms with Gasteiger partial charge in [-0.1, -0.05) is 5.16 Å². The number of anilines is 1. The number of nitrogens with one attached hydrogen (secondary N) is 1. The van der Waals surface area contributed by atoms with Crippen LogP contribution < -0.4 is 5.32 Å². The molecule has 4 heterocycles. The van der Waals surface area contributed by atoms with Gasteiger partial charge in [-0.2, -0.15) is 5.10 Å². The number of aryl methyl sites for hydroxylation is 2. The van der Waals surface area contributed by atoms with Gasteiger partial charge >= 0.3 is 0 Å². The first-order valence-corrected chi connectivity index (χ1v) is 7.55. The number of aromatic nitrogens is 3. The van der Waals surface area contributed by atoms with Crippen molar-refractivity contribution in [2.45, 2.75) is 26.3 Å². The van der Waals surface area contributed by atoms with Crippen LogP contribution in [0.25, 0.3) is 11.3 Å². The topological polar surface area (TPSA) is 103 Å². The Kier molecular flexibility index (Phi) is 3.30. The minimum Gasteiger partial charge on any atom is -0.469 e. The van der Waals surface area contributed by atoms with E-state index in [0.29, 0.717) is 30.2 Å². The number of furan rings is 1. The Bertz CT molecular complexity index is 934. The molecule has 4 rings (SSSR count). The highest BCUT2D eigenvalue weighted by Gasteiger charge is 2.23. The summed E-state index contributed by atoms with van der Waals surface area (Å²) in [5.74, 6) is 1.04. The fraction of sp³-hybridized carbons (Fsp3) is 0.250. The molecule has 0 unspecified atom stereocenters. The van der Waals surface area contributed by atoms with Crippen LogP contribution >= 0.6 is 0 Å². The van der Waals surface area contributed by atoms with E-state index in [1.165, 1.54) is 6.07 Å². The van der Waals surface area contributed by atoms with Gasteiger partial charge in [0.15, 0.2) is 23.1 Å². The zero-order chi connectivity index (χ0) is 16.7. The van der Waals surface area contributed by atoms with E-state index in [2.05, 4.69) is 15.6 Å². The molecule has 0 fully saturated rings. The molecule has 24 heavy (non-hydrogen) atoms. The Morgan fingerprint density at radius 2 is 2.25 bits per heavy atom. The SMILES string of the molecule is Cc1occc1-c1cc(NC(=O)c2cc3n(n2)CCCC3=O)no1. The first-order chi connectivity index (χ1) is 11.6. The Morgan fingerprint density at radius 1 is 1.38 bits per heavy atom. The molecule has 0 aromatic carbocycles. The van der Waals surface area contributed by atoms with Gasteiger partial charge in [0.25, 0.3) is 5.91 Å². The van der Waals surface area contributed by atoms with Gasteiger partial charge in [-0.25, -0.2) is 0 Å². The number of fused-ring (bicyclic) bond motifs is 1. The van der Waals surface area contributed by atoms with E-state index < -0.39 is 5.91 Å². The molecule has 0 atom stereocenters. The van der Waals surface area contributed by atoms with Crippen LogP contribution in [-0.4, -0.2) is 26.6 Å². The van der Waals surface area contributed by atoms with Crippen molar-refractivity contribution in [2.75, 3.05) is 5.32 Å². The number of nitrogens with zero attached hydrogens (tertiary/aromatic N) is 3. The molecule has 122 valence electrons. The molecule has 8 heteroatoms. The highest BCUT2D eigenvalue weighted by molar-refractivity contribution is 6.04. The average Bonchev–Trinajstić information content (AvgIpc) is 3.26. The predicted octanol–water partition coefficient (Wildman–Crippen LogP) is 2.67. The maximum atomic E-state index is 12.3. The maximum absolute atomic E-state index is 12.3. The highest BCUT2D eigenvalue weighted by Crippen LogP contribution is 2.26. The van der Waals surface area contributed by atoms with E-state index in [1.807, 2.05) is 6.92 Å². The smallest absolute Gasteiger partial charge is 0.277 e. The van der Waals surface area contributed by atoms with Gasteiger partial charge in [0.1, 0.15) is 11.5 Å². The predicted molar refractivity (Wildman–Crippen MR) is 82.7 cm³/mol. The van der Waals surface area contributed by atoms with Crippen molar-refractivity contribution in [2.24, 2.45) is 0 Å². The first kappa shape index (κ1) is 14.4. The molecule has 3 aromatic rings. The largest absolute Gasteiger partial charge is 0.469 e. The summed E-state index contributed by atoms with van der Waals surface area (Å²) in [5, 5.41) is 10.6. The van der Waals surface area contributed by atoms with Crippen molar-refractivity contribution < 1.29 is 18.5 Å². The zero-order valence-corrected chi connectivity index (χ0v) is 12.9. The summed E-state index contributed by atoms with van der Waals surface area (Å²) in [6.45, 7) is 2.45. The Balaban J connectivity index is 1.54. The zero-order valence-electron chi connectivity index (χ0n) is 12.9. The maximum Gasteiger partial charge on any atom is 0.277 e. The molecule has 0 aliphatic carbocycles. The van der Waals surface area contributed by atoms with Crippen molar-refractivity contribution in [3.8, 4) is 11.3 Å². The van der Waals surface area contributed by atoms with E-state index >= 15 is 0 Å². The number of ketones is 1. The van der Waals surface area contributed by atoms with Crippen LogP contribution in [0.4, 0.5) is 5.82 Å². The van der Waals surface area contributed by atoms with Crippen molar-refractivity contribution in [1.29, 1.82) is 0 Å². The normalized spacial score (nSPS) is 13.8. The van der Waals surface area contributed by atoms with Gasteiger partial charge in [0.2, 0.25) is 0 Å². The molecule has 0 saturated heterocycles. The van der Waals surface area contributed by atoms with Gasteiger partial charge in [-0.05, 0) is 19.4 Å². The lowest BCUT2D eigenvalue weighted by Crippen LogP contribution is -2.17. The number of carbonyl (C=O) groups excluding carboxylic acids is 2. The Hall–Kier alpha value is -3.16. The van der Waals surface area contributed by atoms with E-state index in [9.17, 15) is 9.59 Å². The Labute approximate surface area is 136 Å². The summed E-state index contributed by atoms with van der Waals surface area (Å²) in [6.07, 6.45) is 2.78. The lowest BCUT2D eigenvalue weighted by atomic mass is 10.1. The van der Waals surface area contributed by atoms with E-state index in [4.69, 9.17) is 8.94 Å². The summed E-state index contributed by atoms with van der Waals surface area (Å²) >= 11 is 0. The van der Waals surface area contributed by atoms with Gasteiger partial charge in [0.05, 0.1) is 11.8 Å². The van der Waals surface area contributed by atoms with Crippen molar-refractivity contribution in [1.82, 2.24) is 14.9 Å². The third kappa shape index (κ3) is 2.41. The molecule has 1 aliphatic rings. The van der Waals surface area contributed by atoms with Crippen LogP contribution in [0.15, 0.2) is 33.4 Å². The molecule has 0 spiro atoms.